The Morgan fingerprint density at radius 1 is 1.35 bits per heavy atom. The maximum absolute atomic E-state index is 6.21. The summed E-state index contributed by atoms with van der Waals surface area (Å²) in [4.78, 5) is 4.51. The van der Waals surface area contributed by atoms with Crippen molar-refractivity contribution >= 4 is 23.2 Å². The summed E-state index contributed by atoms with van der Waals surface area (Å²) in [5, 5.41) is 4.00. The van der Waals surface area contributed by atoms with Crippen LogP contribution in [0.1, 0.15) is 17.7 Å². The number of methoxy groups -OCH3 is 1. The number of aryl methyl sites for hydroxylation is 3. The number of ether oxygens (including phenoxy) is 1. The molecule has 4 nitrogen and oxygen atoms in total. The molecule has 2 aromatic rings. The topological polar surface area (TPSA) is 39.1 Å². The molecule has 0 saturated heterocycles. The van der Waals surface area contributed by atoms with Gasteiger partial charge in [-0.3, -0.25) is 0 Å². The Morgan fingerprint density at radius 3 is 2.90 bits per heavy atom. The largest absolute Gasteiger partial charge is 0.385 e. The van der Waals surface area contributed by atoms with E-state index in [2.05, 4.69) is 14.9 Å². The third kappa shape index (κ3) is 3.74. The first-order chi connectivity index (χ1) is 9.60. The predicted octanol–water partition coefficient (Wildman–Crippen LogP) is 3.93. The number of aromatic nitrogens is 2. The Bertz CT molecular complexity index is 580. The number of imidazole rings is 1. The highest BCUT2D eigenvalue weighted by Crippen LogP contribution is 2.26. The molecule has 0 radical (unpaired) electrons. The van der Waals surface area contributed by atoms with Gasteiger partial charge >= 0.3 is 0 Å². The monoisotopic (exact) mass is 293 g/mol. The minimum atomic E-state index is 0.694. The van der Waals surface area contributed by atoms with Crippen LogP contribution in [0.4, 0.5) is 11.6 Å². The Balaban J connectivity index is 2.17. The number of benzene rings is 1. The van der Waals surface area contributed by atoms with Crippen LogP contribution >= 0.6 is 11.6 Å². The van der Waals surface area contributed by atoms with E-state index >= 15 is 0 Å². The van der Waals surface area contributed by atoms with Crippen molar-refractivity contribution in [3.05, 3.63) is 40.7 Å². The summed E-state index contributed by atoms with van der Waals surface area (Å²) in [7, 11) is 1.71. The van der Waals surface area contributed by atoms with Gasteiger partial charge in [-0.15, -0.1) is 0 Å². The number of rotatable bonds is 6. The zero-order chi connectivity index (χ0) is 14.5. The second-order valence-corrected chi connectivity index (χ2v) is 5.26. The van der Waals surface area contributed by atoms with Gasteiger partial charge in [0.25, 0.3) is 0 Å². The fraction of sp³-hybridized carbons (Fsp3) is 0.400. The summed E-state index contributed by atoms with van der Waals surface area (Å²) in [6, 6.07) is 5.90. The van der Waals surface area contributed by atoms with E-state index in [1.807, 2.05) is 38.2 Å². The van der Waals surface area contributed by atoms with Crippen LogP contribution < -0.4 is 5.32 Å². The van der Waals surface area contributed by atoms with E-state index in [1.165, 1.54) is 0 Å². The van der Waals surface area contributed by atoms with Crippen LogP contribution in [0.5, 0.6) is 0 Å². The molecule has 2 rings (SSSR count). The lowest BCUT2D eigenvalue weighted by atomic mass is 10.2. The van der Waals surface area contributed by atoms with Crippen molar-refractivity contribution in [3.8, 4) is 0 Å². The first-order valence-electron chi connectivity index (χ1n) is 6.66. The van der Waals surface area contributed by atoms with Crippen LogP contribution in [0.25, 0.3) is 0 Å². The van der Waals surface area contributed by atoms with Gasteiger partial charge in [-0.05, 0) is 38.0 Å². The van der Waals surface area contributed by atoms with Crippen LogP contribution in [0.2, 0.25) is 5.02 Å². The van der Waals surface area contributed by atoms with Crippen LogP contribution in [0.15, 0.2) is 24.4 Å². The van der Waals surface area contributed by atoms with Crippen molar-refractivity contribution < 1.29 is 4.74 Å². The quantitative estimate of drug-likeness (QED) is 0.820. The van der Waals surface area contributed by atoms with Gasteiger partial charge < -0.3 is 14.6 Å². The van der Waals surface area contributed by atoms with E-state index in [-0.39, 0.29) is 0 Å². The molecule has 0 bridgehead atoms. The Kier molecular flexibility index (Phi) is 5.04. The van der Waals surface area contributed by atoms with E-state index in [0.717, 1.165) is 42.5 Å². The van der Waals surface area contributed by atoms with Crippen molar-refractivity contribution in [2.24, 2.45) is 0 Å². The average Bonchev–Trinajstić information content (AvgIpc) is 2.74. The molecule has 0 fully saturated rings. The van der Waals surface area contributed by atoms with Crippen LogP contribution in [0, 0.1) is 13.8 Å². The van der Waals surface area contributed by atoms with Crippen LogP contribution in [-0.4, -0.2) is 23.3 Å². The molecule has 0 amide bonds. The summed E-state index contributed by atoms with van der Waals surface area (Å²) in [6.45, 7) is 5.62. The molecule has 1 N–H and O–H groups in total. The molecule has 1 heterocycles. The highest BCUT2D eigenvalue weighted by molar-refractivity contribution is 6.33. The molecule has 0 aliphatic rings. The van der Waals surface area contributed by atoms with E-state index < -0.39 is 0 Å². The average molecular weight is 294 g/mol. The lowest BCUT2D eigenvalue weighted by Crippen LogP contribution is -2.05. The molecule has 0 aliphatic heterocycles. The number of hydrogen-bond donors (Lipinski definition) is 1. The molecule has 108 valence electrons. The number of anilines is 2. The minimum Gasteiger partial charge on any atom is -0.385 e. The van der Waals surface area contributed by atoms with Crippen molar-refractivity contribution in [3.63, 3.8) is 0 Å². The van der Waals surface area contributed by atoms with E-state index in [1.54, 1.807) is 7.11 Å². The van der Waals surface area contributed by atoms with E-state index in [9.17, 15) is 0 Å². The zero-order valence-corrected chi connectivity index (χ0v) is 12.9. The van der Waals surface area contributed by atoms with Gasteiger partial charge in [-0.2, -0.15) is 0 Å². The lowest BCUT2D eigenvalue weighted by molar-refractivity contribution is 0.190. The minimum absolute atomic E-state index is 0.694. The van der Waals surface area contributed by atoms with Crippen LogP contribution in [0.3, 0.4) is 0 Å². The van der Waals surface area contributed by atoms with Gasteiger partial charge in [0, 0.05) is 26.5 Å². The normalized spacial score (nSPS) is 10.8. The summed E-state index contributed by atoms with van der Waals surface area (Å²) < 4.78 is 7.18. The molecule has 0 atom stereocenters. The maximum atomic E-state index is 6.21. The van der Waals surface area contributed by atoms with Gasteiger partial charge in [0.05, 0.1) is 16.4 Å². The summed E-state index contributed by atoms with van der Waals surface area (Å²) >= 11 is 6.21. The maximum Gasteiger partial charge on any atom is 0.207 e. The van der Waals surface area contributed by atoms with Gasteiger partial charge in [0.15, 0.2) is 0 Å². The first-order valence-corrected chi connectivity index (χ1v) is 7.04. The molecule has 20 heavy (non-hydrogen) atoms. The Labute approximate surface area is 124 Å². The molecule has 5 heteroatoms. The molecule has 1 aromatic carbocycles. The van der Waals surface area contributed by atoms with Crippen LogP contribution in [-0.2, 0) is 11.3 Å². The Hall–Kier alpha value is -1.52. The third-order valence-corrected chi connectivity index (χ3v) is 3.34. The standard InChI is InChI=1S/C15H20ClN3O/c1-11-5-6-13(16)14(9-11)18-15-17-12(2)10-19(15)7-4-8-20-3/h5-6,9-10H,4,7-8H2,1-3H3,(H,17,18). The van der Waals surface area contributed by atoms with Crippen molar-refractivity contribution in [2.75, 3.05) is 19.0 Å². The SMILES string of the molecule is COCCCn1cc(C)nc1Nc1cc(C)ccc1Cl. The Morgan fingerprint density at radius 2 is 2.15 bits per heavy atom. The highest BCUT2D eigenvalue weighted by atomic mass is 35.5. The first kappa shape index (κ1) is 14.9. The van der Waals surface area contributed by atoms with Gasteiger partial charge in [-0.1, -0.05) is 17.7 Å². The fourth-order valence-electron chi connectivity index (χ4n) is 2.05. The molecule has 0 aliphatic carbocycles. The molecule has 1 aromatic heterocycles. The number of hydrogen-bond acceptors (Lipinski definition) is 3. The third-order valence-electron chi connectivity index (χ3n) is 3.01. The summed E-state index contributed by atoms with van der Waals surface area (Å²) in [5.74, 6) is 0.811. The number of nitrogens with zero attached hydrogens (tertiary/aromatic N) is 2. The predicted molar refractivity (Wildman–Crippen MR) is 82.9 cm³/mol. The van der Waals surface area contributed by atoms with Crippen molar-refractivity contribution in [2.45, 2.75) is 26.8 Å². The second kappa shape index (κ2) is 6.77. The molecular formula is C15H20ClN3O. The van der Waals surface area contributed by atoms with Gasteiger partial charge in [0.1, 0.15) is 0 Å². The van der Waals surface area contributed by atoms with Gasteiger partial charge in [0.2, 0.25) is 5.95 Å². The number of halogens is 1. The zero-order valence-electron chi connectivity index (χ0n) is 12.1. The molecule has 0 unspecified atom stereocenters. The fourth-order valence-corrected chi connectivity index (χ4v) is 2.22. The second-order valence-electron chi connectivity index (χ2n) is 4.85. The summed E-state index contributed by atoms with van der Waals surface area (Å²) in [6.07, 6.45) is 2.98. The lowest BCUT2D eigenvalue weighted by Gasteiger charge is -2.11. The smallest absolute Gasteiger partial charge is 0.207 e. The summed E-state index contributed by atoms with van der Waals surface area (Å²) in [5.41, 5.74) is 3.02. The molecular weight excluding hydrogens is 274 g/mol. The highest BCUT2D eigenvalue weighted by Gasteiger charge is 2.08. The number of nitrogens with one attached hydrogen (secondary N) is 1. The molecule has 0 spiro atoms. The van der Waals surface area contributed by atoms with Crippen molar-refractivity contribution in [1.29, 1.82) is 0 Å². The van der Waals surface area contributed by atoms with Crippen molar-refractivity contribution in [1.82, 2.24) is 9.55 Å². The van der Waals surface area contributed by atoms with Gasteiger partial charge in [-0.25, -0.2) is 4.98 Å². The molecule has 0 saturated carbocycles. The van der Waals surface area contributed by atoms with E-state index in [4.69, 9.17) is 16.3 Å². The van der Waals surface area contributed by atoms with E-state index in [0.29, 0.717) is 5.02 Å².